The van der Waals surface area contributed by atoms with Crippen molar-refractivity contribution in [3.8, 4) is 6.07 Å². The van der Waals surface area contributed by atoms with Crippen molar-refractivity contribution in [2.24, 2.45) is 5.92 Å². The van der Waals surface area contributed by atoms with Crippen molar-refractivity contribution in [1.82, 2.24) is 9.88 Å². The summed E-state index contributed by atoms with van der Waals surface area (Å²) in [6.07, 6.45) is 4.67. The van der Waals surface area contributed by atoms with E-state index < -0.39 is 5.41 Å². The van der Waals surface area contributed by atoms with E-state index in [4.69, 9.17) is 0 Å². The molecule has 3 heteroatoms. The molecule has 1 aliphatic rings. The fourth-order valence-electron chi connectivity index (χ4n) is 3.63. The summed E-state index contributed by atoms with van der Waals surface area (Å²) in [5.74, 6) is 0.295. The van der Waals surface area contributed by atoms with Gasteiger partial charge in [0, 0.05) is 18.9 Å². The van der Waals surface area contributed by atoms with Crippen LogP contribution >= 0.6 is 0 Å². The van der Waals surface area contributed by atoms with Crippen molar-refractivity contribution in [1.29, 1.82) is 5.26 Å². The molecule has 0 unspecified atom stereocenters. The number of hydrogen-bond donors (Lipinski definition) is 0. The lowest BCUT2D eigenvalue weighted by Crippen LogP contribution is -2.37. The van der Waals surface area contributed by atoms with Crippen LogP contribution in [0.2, 0.25) is 0 Å². The first-order valence-electron chi connectivity index (χ1n) is 7.91. The van der Waals surface area contributed by atoms with Gasteiger partial charge < -0.3 is 4.90 Å². The average Bonchev–Trinajstić information content (AvgIpc) is 3.08. The fourth-order valence-corrected chi connectivity index (χ4v) is 3.63. The van der Waals surface area contributed by atoms with Gasteiger partial charge in [-0.05, 0) is 42.6 Å². The van der Waals surface area contributed by atoms with Gasteiger partial charge in [0.15, 0.2) is 0 Å². The zero-order valence-corrected chi connectivity index (χ0v) is 12.9. The Morgan fingerprint density at radius 2 is 2.00 bits per heavy atom. The lowest BCUT2D eigenvalue weighted by Gasteiger charge is -2.33. The molecule has 2 heterocycles. The molecule has 112 valence electrons. The van der Waals surface area contributed by atoms with E-state index in [0.29, 0.717) is 5.92 Å². The van der Waals surface area contributed by atoms with Gasteiger partial charge in [-0.1, -0.05) is 43.3 Å². The molecule has 1 aliphatic heterocycles. The van der Waals surface area contributed by atoms with Gasteiger partial charge in [-0.2, -0.15) is 5.26 Å². The summed E-state index contributed by atoms with van der Waals surface area (Å²) in [5, 5.41) is 10.2. The summed E-state index contributed by atoms with van der Waals surface area (Å²) in [7, 11) is 0. The van der Waals surface area contributed by atoms with Gasteiger partial charge in [-0.25, -0.2) is 0 Å². The van der Waals surface area contributed by atoms with Crippen LogP contribution in [0.25, 0.3) is 0 Å². The molecular formula is C19H21N3. The van der Waals surface area contributed by atoms with E-state index in [9.17, 15) is 5.26 Å². The molecular weight excluding hydrogens is 270 g/mol. The molecule has 3 rings (SSSR count). The largest absolute Gasteiger partial charge is 0.303 e. The maximum absolute atomic E-state index is 10.2. The molecule has 1 fully saturated rings. The van der Waals surface area contributed by atoms with Crippen LogP contribution < -0.4 is 0 Å². The number of hydrogen-bond acceptors (Lipinski definition) is 3. The second-order valence-corrected chi connectivity index (χ2v) is 5.91. The molecule has 0 spiro atoms. The summed E-state index contributed by atoms with van der Waals surface area (Å²) in [5.41, 5.74) is 1.47. The van der Waals surface area contributed by atoms with E-state index in [1.54, 1.807) is 6.20 Å². The van der Waals surface area contributed by atoms with Gasteiger partial charge >= 0.3 is 0 Å². The molecule has 0 saturated carbocycles. The fraction of sp³-hybridized carbons (Fsp3) is 0.368. The third-order valence-electron chi connectivity index (χ3n) is 4.85. The molecule has 2 aromatic rings. The van der Waals surface area contributed by atoms with Gasteiger partial charge in [0.1, 0.15) is 5.41 Å². The SMILES string of the molecule is CCN1CC[C@H]([C@](C#N)(c2ccccc2)c2cccnc2)C1. The van der Waals surface area contributed by atoms with Crippen LogP contribution in [0.3, 0.4) is 0 Å². The highest BCUT2D eigenvalue weighted by Gasteiger charge is 2.45. The van der Waals surface area contributed by atoms with E-state index >= 15 is 0 Å². The van der Waals surface area contributed by atoms with Gasteiger partial charge in [0.05, 0.1) is 6.07 Å². The molecule has 0 amide bonds. The van der Waals surface area contributed by atoms with Gasteiger partial charge in [-0.15, -0.1) is 0 Å². The Morgan fingerprint density at radius 3 is 2.59 bits per heavy atom. The van der Waals surface area contributed by atoms with E-state index in [0.717, 1.165) is 37.2 Å². The van der Waals surface area contributed by atoms with Crippen molar-refractivity contribution in [3.05, 3.63) is 66.0 Å². The maximum Gasteiger partial charge on any atom is 0.113 e. The molecule has 1 saturated heterocycles. The van der Waals surface area contributed by atoms with Crippen LogP contribution in [0, 0.1) is 17.2 Å². The molecule has 0 aliphatic carbocycles. The standard InChI is InChI=1S/C19H21N3/c1-2-22-12-10-18(14-22)19(15-20,16-7-4-3-5-8-16)17-9-6-11-21-13-17/h3-9,11,13,18H,2,10,12,14H2,1H3/t18-,19+/m0/s1. The lowest BCUT2D eigenvalue weighted by molar-refractivity contribution is 0.318. The second kappa shape index (κ2) is 6.29. The van der Waals surface area contributed by atoms with E-state index in [2.05, 4.69) is 35.0 Å². The number of aromatic nitrogens is 1. The normalized spacial score (nSPS) is 21.2. The van der Waals surface area contributed by atoms with Crippen molar-refractivity contribution in [2.75, 3.05) is 19.6 Å². The van der Waals surface area contributed by atoms with E-state index in [-0.39, 0.29) is 0 Å². The van der Waals surface area contributed by atoms with Crippen molar-refractivity contribution < 1.29 is 0 Å². The van der Waals surface area contributed by atoms with E-state index in [1.165, 1.54) is 0 Å². The summed E-state index contributed by atoms with van der Waals surface area (Å²) in [4.78, 5) is 6.70. The number of nitrogens with zero attached hydrogens (tertiary/aromatic N) is 3. The molecule has 0 N–H and O–H groups in total. The highest BCUT2D eigenvalue weighted by Crippen LogP contribution is 2.42. The molecule has 22 heavy (non-hydrogen) atoms. The molecule has 0 bridgehead atoms. The number of benzene rings is 1. The van der Waals surface area contributed by atoms with Gasteiger partial charge in [-0.3, -0.25) is 4.98 Å². The highest BCUT2D eigenvalue weighted by molar-refractivity contribution is 5.46. The molecule has 1 aromatic heterocycles. The van der Waals surface area contributed by atoms with Crippen LogP contribution in [-0.2, 0) is 5.41 Å². The van der Waals surface area contributed by atoms with Crippen molar-refractivity contribution in [3.63, 3.8) is 0 Å². The Labute approximate surface area is 132 Å². The zero-order valence-electron chi connectivity index (χ0n) is 12.9. The lowest BCUT2D eigenvalue weighted by atomic mass is 9.67. The first kappa shape index (κ1) is 14.7. The smallest absolute Gasteiger partial charge is 0.113 e. The summed E-state index contributed by atoms with van der Waals surface area (Å²) in [6.45, 7) is 5.26. The van der Waals surface area contributed by atoms with Gasteiger partial charge in [0.2, 0.25) is 0 Å². The predicted octanol–water partition coefficient (Wildman–Crippen LogP) is 3.23. The minimum Gasteiger partial charge on any atom is -0.303 e. The minimum absolute atomic E-state index is 0.295. The van der Waals surface area contributed by atoms with Crippen molar-refractivity contribution in [2.45, 2.75) is 18.8 Å². The third kappa shape index (κ3) is 2.40. The van der Waals surface area contributed by atoms with E-state index in [1.807, 2.05) is 36.5 Å². The summed E-state index contributed by atoms with van der Waals surface area (Å²) >= 11 is 0. The molecule has 1 aromatic carbocycles. The molecule has 2 atom stereocenters. The van der Waals surface area contributed by atoms with Crippen LogP contribution in [0.1, 0.15) is 24.5 Å². The second-order valence-electron chi connectivity index (χ2n) is 5.91. The summed E-state index contributed by atoms with van der Waals surface area (Å²) < 4.78 is 0. The predicted molar refractivity (Wildman–Crippen MR) is 87.3 cm³/mol. The quantitative estimate of drug-likeness (QED) is 0.868. The molecule has 3 nitrogen and oxygen atoms in total. The van der Waals surface area contributed by atoms with Crippen LogP contribution in [0.15, 0.2) is 54.9 Å². The number of likely N-dealkylation sites (tertiary alicyclic amines) is 1. The Morgan fingerprint density at radius 1 is 1.23 bits per heavy atom. The van der Waals surface area contributed by atoms with Crippen LogP contribution in [-0.4, -0.2) is 29.5 Å². The Balaban J connectivity index is 2.12. The Hall–Kier alpha value is -2.18. The first-order chi connectivity index (χ1) is 10.8. The zero-order chi connectivity index (χ0) is 15.4. The number of rotatable bonds is 4. The van der Waals surface area contributed by atoms with Crippen molar-refractivity contribution >= 4 is 0 Å². The Kier molecular flexibility index (Phi) is 4.22. The van der Waals surface area contributed by atoms with Gasteiger partial charge in [0.25, 0.3) is 0 Å². The van der Waals surface area contributed by atoms with Crippen LogP contribution in [0.4, 0.5) is 0 Å². The average molecular weight is 291 g/mol. The summed E-state index contributed by atoms with van der Waals surface area (Å²) in [6, 6.07) is 16.8. The minimum atomic E-state index is -0.612. The Bertz CT molecular complexity index is 606. The first-order valence-corrected chi connectivity index (χ1v) is 7.91. The number of pyridine rings is 1. The highest BCUT2D eigenvalue weighted by atomic mass is 15.1. The maximum atomic E-state index is 10.2. The van der Waals surface area contributed by atoms with Crippen LogP contribution in [0.5, 0.6) is 0 Å². The number of nitriles is 1. The third-order valence-corrected chi connectivity index (χ3v) is 4.85. The monoisotopic (exact) mass is 291 g/mol. The molecule has 0 radical (unpaired) electrons. The topological polar surface area (TPSA) is 39.9 Å².